The summed E-state index contributed by atoms with van der Waals surface area (Å²) in [6.07, 6.45) is 0. The zero-order chi connectivity index (χ0) is 10.3. The summed E-state index contributed by atoms with van der Waals surface area (Å²) >= 11 is 0. The molecule has 0 radical (unpaired) electrons. The van der Waals surface area contributed by atoms with E-state index in [0.717, 1.165) is 11.3 Å². The number of aryl methyl sites for hydroxylation is 2. The number of nitrogens with one attached hydrogen (secondary N) is 2. The fraction of sp³-hybridized carbons (Fsp3) is 0.222. The zero-order valence-corrected chi connectivity index (χ0v) is 7.84. The SMILES string of the molecule is Cc1cc(C)c2[nH]c(=O)[nH]c(=O)c2n1. The number of rotatable bonds is 0. The Bertz CT molecular complexity index is 609. The van der Waals surface area contributed by atoms with Gasteiger partial charge in [0.05, 0.1) is 5.52 Å². The van der Waals surface area contributed by atoms with E-state index in [1.807, 2.05) is 13.0 Å². The Labute approximate surface area is 78.8 Å². The van der Waals surface area contributed by atoms with Crippen LogP contribution in [0.1, 0.15) is 11.3 Å². The number of aromatic nitrogens is 3. The maximum atomic E-state index is 11.4. The van der Waals surface area contributed by atoms with Crippen molar-refractivity contribution in [1.29, 1.82) is 0 Å². The number of hydrogen-bond acceptors (Lipinski definition) is 3. The van der Waals surface area contributed by atoms with E-state index in [2.05, 4.69) is 15.0 Å². The lowest BCUT2D eigenvalue weighted by molar-refractivity contribution is 1.05. The highest BCUT2D eigenvalue weighted by Crippen LogP contribution is 2.09. The second-order valence-electron chi connectivity index (χ2n) is 3.21. The molecule has 2 N–H and O–H groups in total. The first-order chi connectivity index (χ1) is 6.58. The van der Waals surface area contributed by atoms with Crippen molar-refractivity contribution in [3.8, 4) is 0 Å². The second-order valence-corrected chi connectivity index (χ2v) is 3.21. The first-order valence-electron chi connectivity index (χ1n) is 4.18. The van der Waals surface area contributed by atoms with Crippen molar-refractivity contribution < 1.29 is 0 Å². The molecule has 2 aromatic heterocycles. The van der Waals surface area contributed by atoms with E-state index >= 15 is 0 Å². The molecule has 5 heteroatoms. The highest BCUT2D eigenvalue weighted by molar-refractivity contribution is 5.76. The maximum absolute atomic E-state index is 11.4. The van der Waals surface area contributed by atoms with E-state index in [0.29, 0.717) is 5.52 Å². The van der Waals surface area contributed by atoms with E-state index in [4.69, 9.17) is 0 Å². The smallest absolute Gasteiger partial charge is 0.305 e. The average molecular weight is 191 g/mol. The molecule has 0 aliphatic heterocycles. The predicted molar refractivity (Wildman–Crippen MR) is 52.5 cm³/mol. The summed E-state index contributed by atoms with van der Waals surface area (Å²) in [6.45, 7) is 3.63. The van der Waals surface area contributed by atoms with Gasteiger partial charge in [0, 0.05) is 5.69 Å². The van der Waals surface area contributed by atoms with Crippen molar-refractivity contribution in [3.05, 3.63) is 38.2 Å². The van der Waals surface area contributed by atoms with Crippen LogP contribution in [0.15, 0.2) is 15.7 Å². The molecular weight excluding hydrogens is 182 g/mol. The van der Waals surface area contributed by atoms with Gasteiger partial charge in [0.15, 0.2) is 5.52 Å². The van der Waals surface area contributed by atoms with Gasteiger partial charge in [0.2, 0.25) is 0 Å². The molecule has 0 saturated carbocycles. The molecule has 72 valence electrons. The van der Waals surface area contributed by atoms with Crippen LogP contribution in [-0.4, -0.2) is 15.0 Å². The van der Waals surface area contributed by atoms with Crippen LogP contribution in [0.2, 0.25) is 0 Å². The standard InChI is InChI=1S/C9H9N3O2/c1-4-3-5(2)10-7-6(4)11-9(14)12-8(7)13/h3H,1-2H3,(H2,11,12,13,14). The van der Waals surface area contributed by atoms with Crippen LogP contribution in [0.25, 0.3) is 11.0 Å². The number of aromatic amines is 2. The third-order valence-corrected chi connectivity index (χ3v) is 2.03. The van der Waals surface area contributed by atoms with Gasteiger partial charge in [0.25, 0.3) is 5.56 Å². The van der Waals surface area contributed by atoms with Crippen molar-refractivity contribution in [2.45, 2.75) is 13.8 Å². The van der Waals surface area contributed by atoms with Gasteiger partial charge in [-0.05, 0) is 25.5 Å². The van der Waals surface area contributed by atoms with E-state index in [1.165, 1.54) is 0 Å². The summed E-state index contributed by atoms with van der Waals surface area (Å²) in [5.74, 6) is 0. The monoisotopic (exact) mass is 191 g/mol. The number of hydrogen-bond donors (Lipinski definition) is 2. The van der Waals surface area contributed by atoms with Crippen molar-refractivity contribution in [2.24, 2.45) is 0 Å². The number of fused-ring (bicyclic) bond motifs is 1. The van der Waals surface area contributed by atoms with Gasteiger partial charge in [-0.25, -0.2) is 9.78 Å². The minimum atomic E-state index is -0.503. The van der Waals surface area contributed by atoms with Crippen LogP contribution in [0.3, 0.4) is 0 Å². The summed E-state index contributed by atoms with van der Waals surface area (Å²) in [4.78, 5) is 31.1. The largest absolute Gasteiger partial charge is 0.326 e. The molecule has 14 heavy (non-hydrogen) atoms. The predicted octanol–water partition coefficient (Wildman–Crippen LogP) is 0.228. The summed E-state index contributed by atoms with van der Waals surface area (Å²) in [5.41, 5.74) is 1.43. The average Bonchev–Trinajstić information content (AvgIpc) is 2.07. The Morgan fingerprint density at radius 1 is 1.21 bits per heavy atom. The number of pyridine rings is 1. The molecule has 0 saturated heterocycles. The van der Waals surface area contributed by atoms with E-state index in [1.54, 1.807) is 6.92 Å². The van der Waals surface area contributed by atoms with Crippen molar-refractivity contribution in [3.63, 3.8) is 0 Å². The first-order valence-corrected chi connectivity index (χ1v) is 4.18. The summed E-state index contributed by atoms with van der Waals surface area (Å²) in [5, 5.41) is 0. The van der Waals surface area contributed by atoms with Gasteiger partial charge in [0.1, 0.15) is 0 Å². The van der Waals surface area contributed by atoms with Gasteiger partial charge < -0.3 is 4.98 Å². The molecule has 5 nitrogen and oxygen atoms in total. The van der Waals surface area contributed by atoms with Crippen molar-refractivity contribution in [1.82, 2.24) is 15.0 Å². The molecule has 0 atom stereocenters. The van der Waals surface area contributed by atoms with Crippen LogP contribution < -0.4 is 11.2 Å². The summed E-state index contributed by atoms with van der Waals surface area (Å²) in [7, 11) is 0. The lowest BCUT2D eigenvalue weighted by atomic mass is 10.2. The minimum absolute atomic E-state index is 0.280. The van der Waals surface area contributed by atoms with Crippen molar-refractivity contribution in [2.75, 3.05) is 0 Å². The lowest BCUT2D eigenvalue weighted by Gasteiger charge is -2.01. The van der Waals surface area contributed by atoms with Crippen LogP contribution in [0.5, 0.6) is 0 Å². The third kappa shape index (κ3) is 1.22. The van der Waals surface area contributed by atoms with Crippen LogP contribution >= 0.6 is 0 Å². The quantitative estimate of drug-likeness (QED) is 0.625. The van der Waals surface area contributed by atoms with Crippen LogP contribution in [0.4, 0.5) is 0 Å². The fourth-order valence-electron chi connectivity index (χ4n) is 1.47. The number of nitrogens with zero attached hydrogens (tertiary/aromatic N) is 1. The molecule has 0 aliphatic carbocycles. The van der Waals surface area contributed by atoms with E-state index in [9.17, 15) is 9.59 Å². The van der Waals surface area contributed by atoms with Gasteiger partial charge in [-0.15, -0.1) is 0 Å². The van der Waals surface area contributed by atoms with Gasteiger partial charge in [-0.2, -0.15) is 0 Å². The fourth-order valence-corrected chi connectivity index (χ4v) is 1.47. The molecular formula is C9H9N3O2. The van der Waals surface area contributed by atoms with Crippen LogP contribution in [0, 0.1) is 13.8 Å². The van der Waals surface area contributed by atoms with E-state index in [-0.39, 0.29) is 5.52 Å². The molecule has 0 unspecified atom stereocenters. The Kier molecular flexibility index (Phi) is 1.73. The molecule has 0 bridgehead atoms. The third-order valence-electron chi connectivity index (χ3n) is 2.03. The lowest BCUT2D eigenvalue weighted by Crippen LogP contribution is -2.23. The topological polar surface area (TPSA) is 78.6 Å². The van der Waals surface area contributed by atoms with Gasteiger partial charge >= 0.3 is 5.69 Å². The summed E-state index contributed by atoms with van der Waals surface area (Å²) in [6, 6.07) is 1.82. The normalized spacial score (nSPS) is 10.7. The Hall–Kier alpha value is -1.91. The van der Waals surface area contributed by atoms with Gasteiger partial charge in [-0.1, -0.05) is 0 Å². The highest BCUT2D eigenvalue weighted by Gasteiger charge is 2.05. The Morgan fingerprint density at radius 3 is 2.64 bits per heavy atom. The molecule has 0 fully saturated rings. The summed E-state index contributed by atoms with van der Waals surface area (Å²) < 4.78 is 0. The van der Waals surface area contributed by atoms with Crippen LogP contribution in [-0.2, 0) is 0 Å². The molecule has 2 aromatic rings. The molecule has 2 rings (SSSR count). The molecule has 0 aromatic carbocycles. The molecule has 0 spiro atoms. The maximum Gasteiger partial charge on any atom is 0.326 e. The zero-order valence-electron chi connectivity index (χ0n) is 7.84. The first kappa shape index (κ1) is 8.68. The highest BCUT2D eigenvalue weighted by atomic mass is 16.2. The van der Waals surface area contributed by atoms with E-state index < -0.39 is 11.2 Å². The molecule has 2 heterocycles. The Morgan fingerprint density at radius 2 is 1.93 bits per heavy atom. The Balaban J connectivity index is 3.10. The molecule has 0 amide bonds. The van der Waals surface area contributed by atoms with Gasteiger partial charge in [-0.3, -0.25) is 9.78 Å². The second kappa shape index (κ2) is 2.80. The minimum Gasteiger partial charge on any atom is -0.305 e. The van der Waals surface area contributed by atoms with Crippen molar-refractivity contribution >= 4 is 11.0 Å². The number of H-pyrrole nitrogens is 2. The molecule has 0 aliphatic rings.